The van der Waals surface area contributed by atoms with Gasteiger partial charge >= 0.3 is 0 Å². The average molecular weight is 416 g/mol. The van der Waals surface area contributed by atoms with Gasteiger partial charge in [-0.1, -0.05) is 22.7 Å². The van der Waals surface area contributed by atoms with Crippen LogP contribution in [0, 0.1) is 0 Å². The standard InChI is InChI=1S/C19H20N4O5S/c1-4-23-19(25)16-8-6-5-7-15(16)17(21-23)18(24)20-13-9-11-14(12-10-13)29(26,27)22(2)28-3/h5-12H,4H2,1-3H3,(H,20,24). The molecule has 0 bridgehead atoms. The highest BCUT2D eigenvalue weighted by atomic mass is 32.2. The number of hydrogen-bond donors (Lipinski definition) is 1. The third-order valence-electron chi connectivity index (χ3n) is 4.39. The summed E-state index contributed by atoms with van der Waals surface area (Å²) >= 11 is 0. The number of carbonyl (C=O) groups excluding carboxylic acids is 1. The van der Waals surface area contributed by atoms with Crippen molar-refractivity contribution in [3.63, 3.8) is 0 Å². The Labute approximate surface area is 167 Å². The Morgan fingerprint density at radius 1 is 1.14 bits per heavy atom. The van der Waals surface area contributed by atoms with Gasteiger partial charge in [-0.3, -0.25) is 14.4 Å². The van der Waals surface area contributed by atoms with Gasteiger partial charge in [-0.2, -0.15) is 5.10 Å². The molecule has 0 radical (unpaired) electrons. The molecule has 0 aliphatic heterocycles. The number of fused-ring (bicyclic) bond motifs is 1. The van der Waals surface area contributed by atoms with Crippen molar-refractivity contribution in [2.24, 2.45) is 0 Å². The molecule has 0 aliphatic carbocycles. The Morgan fingerprint density at radius 2 is 1.76 bits per heavy atom. The molecule has 1 aromatic heterocycles. The highest BCUT2D eigenvalue weighted by molar-refractivity contribution is 7.89. The number of amides is 1. The molecule has 10 heteroatoms. The first-order chi connectivity index (χ1) is 13.8. The lowest BCUT2D eigenvalue weighted by Crippen LogP contribution is -2.27. The summed E-state index contributed by atoms with van der Waals surface area (Å²) < 4.78 is 26.4. The van der Waals surface area contributed by atoms with E-state index in [1.165, 1.54) is 43.1 Å². The van der Waals surface area contributed by atoms with Gasteiger partial charge in [0.2, 0.25) is 0 Å². The van der Waals surface area contributed by atoms with E-state index in [1.807, 2.05) is 0 Å². The first kappa shape index (κ1) is 20.6. The van der Waals surface area contributed by atoms with E-state index >= 15 is 0 Å². The van der Waals surface area contributed by atoms with Gasteiger partial charge in [0.15, 0.2) is 5.69 Å². The minimum absolute atomic E-state index is 0.0166. The van der Waals surface area contributed by atoms with Gasteiger partial charge in [0, 0.05) is 24.7 Å². The van der Waals surface area contributed by atoms with E-state index in [0.717, 1.165) is 4.47 Å². The van der Waals surface area contributed by atoms with Gasteiger partial charge in [0.05, 0.1) is 17.4 Å². The fraction of sp³-hybridized carbons (Fsp3) is 0.211. The molecule has 1 amide bonds. The Kier molecular flexibility index (Phi) is 5.78. The fourth-order valence-electron chi connectivity index (χ4n) is 2.76. The molecule has 0 atom stereocenters. The van der Waals surface area contributed by atoms with Crippen molar-refractivity contribution in [1.82, 2.24) is 14.2 Å². The summed E-state index contributed by atoms with van der Waals surface area (Å²) in [5, 5.41) is 7.71. The summed E-state index contributed by atoms with van der Waals surface area (Å²) in [6, 6.07) is 12.4. The largest absolute Gasteiger partial charge is 0.321 e. The number of aromatic nitrogens is 2. The Bertz CT molecular complexity index is 1220. The molecule has 1 N–H and O–H groups in total. The van der Waals surface area contributed by atoms with Gasteiger partial charge in [0.1, 0.15) is 0 Å². The van der Waals surface area contributed by atoms with E-state index in [0.29, 0.717) is 23.0 Å². The summed E-state index contributed by atoms with van der Waals surface area (Å²) in [6.45, 7) is 2.09. The number of nitrogens with zero attached hydrogens (tertiary/aromatic N) is 3. The minimum atomic E-state index is -3.78. The normalized spacial score (nSPS) is 11.7. The van der Waals surface area contributed by atoms with E-state index in [4.69, 9.17) is 4.84 Å². The summed E-state index contributed by atoms with van der Waals surface area (Å²) in [5.41, 5.74) is 0.225. The van der Waals surface area contributed by atoms with Crippen LogP contribution >= 0.6 is 0 Å². The van der Waals surface area contributed by atoms with Gasteiger partial charge in [-0.05, 0) is 37.3 Å². The van der Waals surface area contributed by atoms with E-state index in [-0.39, 0.29) is 16.1 Å². The van der Waals surface area contributed by atoms with Crippen LogP contribution in [0.4, 0.5) is 5.69 Å². The second-order valence-electron chi connectivity index (χ2n) is 6.09. The molecule has 152 valence electrons. The first-order valence-electron chi connectivity index (χ1n) is 8.74. The number of rotatable bonds is 6. The fourth-order valence-corrected chi connectivity index (χ4v) is 3.74. The molecule has 0 unspecified atom stereocenters. The Hall–Kier alpha value is -3.08. The van der Waals surface area contributed by atoms with Crippen LogP contribution in [0.2, 0.25) is 0 Å². The third kappa shape index (κ3) is 3.90. The predicted molar refractivity (Wildman–Crippen MR) is 108 cm³/mol. The maximum atomic E-state index is 12.8. The molecular weight excluding hydrogens is 396 g/mol. The van der Waals surface area contributed by atoms with Crippen molar-refractivity contribution in [3.8, 4) is 0 Å². The molecule has 0 saturated heterocycles. The maximum absolute atomic E-state index is 12.8. The van der Waals surface area contributed by atoms with Crippen molar-refractivity contribution in [2.75, 3.05) is 19.5 Å². The highest BCUT2D eigenvalue weighted by Gasteiger charge is 2.21. The zero-order chi connectivity index (χ0) is 21.2. The lowest BCUT2D eigenvalue weighted by atomic mass is 10.1. The van der Waals surface area contributed by atoms with Crippen molar-refractivity contribution >= 4 is 32.4 Å². The van der Waals surface area contributed by atoms with Crippen LogP contribution in [0.5, 0.6) is 0 Å². The van der Waals surface area contributed by atoms with Crippen LogP contribution in [0.1, 0.15) is 17.4 Å². The Balaban J connectivity index is 1.94. The number of carbonyl (C=O) groups is 1. The summed E-state index contributed by atoms with van der Waals surface area (Å²) in [4.78, 5) is 30.0. The lowest BCUT2D eigenvalue weighted by Gasteiger charge is -2.14. The minimum Gasteiger partial charge on any atom is -0.321 e. The number of hydrogen-bond acceptors (Lipinski definition) is 6. The molecule has 0 fully saturated rings. The van der Waals surface area contributed by atoms with E-state index in [9.17, 15) is 18.0 Å². The van der Waals surface area contributed by atoms with Gasteiger partial charge < -0.3 is 5.32 Å². The van der Waals surface area contributed by atoms with Gasteiger partial charge in [0.25, 0.3) is 21.5 Å². The zero-order valence-electron chi connectivity index (χ0n) is 16.1. The molecule has 2 aromatic carbocycles. The molecule has 1 heterocycles. The quantitative estimate of drug-likeness (QED) is 0.614. The molecule has 9 nitrogen and oxygen atoms in total. The molecule has 0 aliphatic rings. The van der Waals surface area contributed by atoms with E-state index in [1.54, 1.807) is 31.2 Å². The van der Waals surface area contributed by atoms with Crippen LogP contribution < -0.4 is 10.9 Å². The molecule has 3 aromatic rings. The number of benzene rings is 2. The number of hydroxylamine groups is 1. The van der Waals surface area contributed by atoms with Crippen molar-refractivity contribution < 1.29 is 18.0 Å². The predicted octanol–water partition coefficient (Wildman–Crippen LogP) is 1.85. The molecule has 3 rings (SSSR count). The highest BCUT2D eigenvalue weighted by Crippen LogP contribution is 2.19. The first-order valence-corrected chi connectivity index (χ1v) is 10.2. The van der Waals surface area contributed by atoms with E-state index in [2.05, 4.69) is 10.4 Å². The topological polar surface area (TPSA) is 111 Å². The monoisotopic (exact) mass is 416 g/mol. The van der Waals surface area contributed by atoms with Crippen molar-refractivity contribution in [3.05, 3.63) is 64.6 Å². The Morgan fingerprint density at radius 3 is 2.34 bits per heavy atom. The van der Waals surface area contributed by atoms with Crippen molar-refractivity contribution in [1.29, 1.82) is 0 Å². The number of sulfonamides is 1. The van der Waals surface area contributed by atoms with Crippen LogP contribution in [-0.4, -0.2) is 42.7 Å². The second kappa shape index (κ2) is 8.11. The summed E-state index contributed by atoms with van der Waals surface area (Å²) in [7, 11) is -1.25. The smallest absolute Gasteiger partial charge is 0.276 e. The zero-order valence-corrected chi connectivity index (χ0v) is 16.9. The number of nitrogens with one attached hydrogen (secondary N) is 1. The lowest BCUT2D eigenvalue weighted by molar-refractivity contribution is -0.0258. The number of aryl methyl sites for hydroxylation is 1. The molecule has 0 saturated carbocycles. The van der Waals surface area contributed by atoms with Gasteiger partial charge in [-0.25, -0.2) is 13.1 Å². The third-order valence-corrected chi connectivity index (χ3v) is 6.08. The number of anilines is 1. The van der Waals surface area contributed by atoms with Crippen LogP contribution in [0.3, 0.4) is 0 Å². The SMILES string of the molecule is CCn1nc(C(=O)Nc2ccc(S(=O)(=O)N(C)OC)cc2)c2ccccc2c1=O. The summed E-state index contributed by atoms with van der Waals surface area (Å²) in [6.07, 6.45) is 0. The summed E-state index contributed by atoms with van der Waals surface area (Å²) in [5.74, 6) is -0.506. The van der Waals surface area contributed by atoms with Crippen LogP contribution in [-0.2, 0) is 21.4 Å². The van der Waals surface area contributed by atoms with E-state index < -0.39 is 15.9 Å². The van der Waals surface area contributed by atoms with Gasteiger partial charge in [-0.15, -0.1) is 0 Å². The maximum Gasteiger partial charge on any atom is 0.276 e. The van der Waals surface area contributed by atoms with Crippen molar-refractivity contribution in [2.45, 2.75) is 18.4 Å². The second-order valence-corrected chi connectivity index (χ2v) is 8.03. The van der Waals surface area contributed by atoms with Crippen LogP contribution in [0.15, 0.2) is 58.2 Å². The molecule has 29 heavy (non-hydrogen) atoms. The average Bonchev–Trinajstić information content (AvgIpc) is 2.73. The molecular formula is C19H20N4O5S. The van der Waals surface area contributed by atoms with Crippen LogP contribution in [0.25, 0.3) is 10.8 Å². The molecule has 0 spiro atoms.